The van der Waals surface area contributed by atoms with Crippen LogP contribution < -0.4 is 10.2 Å². The molecular formula is C21H17Cl3N2O4. The predicted octanol–water partition coefficient (Wildman–Crippen LogP) is 5.39. The van der Waals surface area contributed by atoms with Crippen LogP contribution in [0.4, 0.5) is 11.4 Å². The molecule has 9 heteroatoms. The van der Waals surface area contributed by atoms with Crippen LogP contribution in [0.2, 0.25) is 10.0 Å². The number of unbranched alkanes of at least 4 members (excludes halogenated alkanes) is 1. The maximum atomic E-state index is 12.9. The minimum absolute atomic E-state index is 0.115. The third-order valence-corrected chi connectivity index (χ3v) is 5.02. The Morgan fingerprint density at radius 3 is 2.40 bits per heavy atom. The van der Waals surface area contributed by atoms with Gasteiger partial charge in [-0.1, -0.05) is 54.2 Å². The van der Waals surface area contributed by atoms with Gasteiger partial charge >= 0.3 is 5.97 Å². The smallest absolute Gasteiger partial charge is 0.338 e. The lowest BCUT2D eigenvalue weighted by Crippen LogP contribution is -2.32. The fraction of sp³-hybridized carbons (Fsp3) is 0.190. The molecule has 30 heavy (non-hydrogen) atoms. The summed E-state index contributed by atoms with van der Waals surface area (Å²) in [4.78, 5) is 38.6. The van der Waals surface area contributed by atoms with Gasteiger partial charge in [-0.2, -0.15) is 0 Å². The maximum Gasteiger partial charge on any atom is 0.338 e. The van der Waals surface area contributed by atoms with Crippen LogP contribution in [-0.4, -0.2) is 24.4 Å². The summed E-state index contributed by atoms with van der Waals surface area (Å²) in [6.45, 7) is 2.28. The monoisotopic (exact) mass is 466 g/mol. The summed E-state index contributed by atoms with van der Waals surface area (Å²) in [6, 6.07) is 10.7. The number of esters is 1. The zero-order chi connectivity index (χ0) is 21.8. The van der Waals surface area contributed by atoms with Crippen molar-refractivity contribution < 1.29 is 19.1 Å². The number of hydrogen-bond donors (Lipinski definition) is 1. The molecule has 0 aromatic heterocycles. The zero-order valence-electron chi connectivity index (χ0n) is 15.9. The number of anilines is 2. The molecule has 1 heterocycles. The van der Waals surface area contributed by atoms with Crippen molar-refractivity contribution in [1.29, 1.82) is 0 Å². The van der Waals surface area contributed by atoms with Crippen molar-refractivity contribution in [2.75, 3.05) is 16.8 Å². The van der Waals surface area contributed by atoms with E-state index in [0.717, 1.165) is 17.7 Å². The number of ether oxygens (including phenoxy) is 1. The van der Waals surface area contributed by atoms with Crippen LogP contribution in [0, 0.1) is 0 Å². The van der Waals surface area contributed by atoms with Gasteiger partial charge in [-0.25, -0.2) is 9.69 Å². The number of imide groups is 1. The molecule has 156 valence electrons. The number of carbonyl (C=O) groups is 3. The normalized spacial score (nSPS) is 13.8. The lowest BCUT2D eigenvalue weighted by atomic mass is 10.2. The van der Waals surface area contributed by atoms with Gasteiger partial charge in [0.25, 0.3) is 11.8 Å². The predicted molar refractivity (Wildman–Crippen MR) is 117 cm³/mol. The first kappa shape index (κ1) is 22.2. The molecule has 1 aliphatic rings. The van der Waals surface area contributed by atoms with Crippen LogP contribution in [0.3, 0.4) is 0 Å². The van der Waals surface area contributed by atoms with E-state index in [1.54, 1.807) is 12.1 Å². The fourth-order valence-corrected chi connectivity index (χ4v) is 3.52. The lowest BCUT2D eigenvalue weighted by molar-refractivity contribution is -0.120. The number of nitrogens with one attached hydrogen (secondary N) is 1. The van der Waals surface area contributed by atoms with E-state index in [0.29, 0.717) is 22.3 Å². The highest BCUT2D eigenvalue weighted by Gasteiger charge is 2.39. The van der Waals surface area contributed by atoms with Gasteiger partial charge in [0.15, 0.2) is 0 Å². The number of rotatable bonds is 7. The van der Waals surface area contributed by atoms with Crippen molar-refractivity contribution in [3.05, 3.63) is 68.8 Å². The van der Waals surface area contributed by atoms with E-state index in [9.17, 15) is 14.4 Å². The number of benzene rings is 2. The van der Waals surface area contributed by atoms with Gasteiger partial charge < -0.3 is 10.1 Å². The molecule has 0 fully saturated rings. The third-order valence-electron chi connectivity index (χ3n) is 4.23. The average molecular weight is 468 g/mol. The second-order valence-electron chi connectivity index (χ2n) is 6.46. The highest BCUT2D eigenvalue weighted by molar-refractivity contribution is 6.53. The molecule has 0 aliphatic carbocycles. The summed E-state index contributed by atoms with van der Waals surface area (Å²) in [5, 5.41) is 3.22. The van der Waals surface area contributed by atoms with Crippen molar-refractivity contribution in [2.45, 2.75) is 19.8 Å². The van der Waals surface area contributed by atoms with Crippen LogP contribution in [0.25, 0.3) is 0 Å². The molecule has 2 aromatic rings. The summed E-state index contributed by atoms with van der Waals surface area (Å²) in [6.07, 6.45) is 1.64. The highest BCUT2D eigenvalue weighted by atomic mass is 35.5. The first-order valence-corrected chi connectivity index (χ1v) is 10.2. The second kappa shape index (κ2) is 9.51. The Morgan fingerprint density at radius 2 is 1.73 bits per heavy atom. The number of nitrogens with zero attached hydrogens (tertiary/aromatic N) is 1. The van der Waals surface area contributed by atoms with Gasteiger partial charge in [-0.15, -0.1) is 0 Å². The Hall–Kier alpha value is -2.54. The largest absolute Gasteiger partial charge is 0.462 e. The van der Waals surface area contributed by atoms with Gasteiger partial charge in [0, 0.05) is 15.7 Å². The lowest BCUT2D eigenvalue weighted by Gasteiger charge is -2.16. The van der Waals surface area contributed by atoms with Crippen molar-refractivity contribution in [1.82, 2.24) is 0 Å². The molecule has 0 unspecified atom stereocenters. The molecule has 0 saturated heterocycles. The van der Waals surface area contributed by atoms with E-state index < -0.39 is 17.8 Å². The van der Waals surface area contributed by atoms with Crippen LogP contribution >= 0.6 is 34.8 Å². The highest BCUT2D eigenvalue weighted by Crippen LogP contribution is 2.32. The molecule has 0 atom stereocenters. The van der Waals surface area contributed by atoms with E-state index in [1.165, 1.54) is 30.3 Å². The maximum absolute atomic E-state index is 12.9. The summed E-state index contributed by atoms with van der Waals surface area (Å²) < 4.78 is 5.18. The second-order valence-corrected chi connectivity index (χ2v) is 7.71. The summed E-state index contributed by atoms with van der Waals surface area (Å²) in [5.74, 6) is -1.92. The average Bonchev–Trinajstić information content (AvgIpc) is 2.91. The Labute approximate surface area is 188 Å². The van der Waals surface area contributed by atoms with Crippen molar-refractivity contribution in [2.24, 2.45) is 0 Å². The SMILES string of the molecule is CCCCOC(=O)c1cccc(N2C(=O)C(Cl)=C(Nc3cc(Cl)cc(Cl)c3)C2=O)c1. The van der Waals surface area contributed by atoms with Gasteiger partial charge in [0.1, 0.15) is 10.7 Å². The summed E-state index contributed by atoms with van der Waals surface area (Å²) in [5.41, 5.74) is 0.713. The minimum atomic E-state index is -0.714. The Kier molecular flexibility index (Phi) is 7.02. The first-order valence-electron chi connectivity index (χ1n) is 9.10. The van der Waals surface area contributed by atoms with Gasteiger partial charge in [0.2, 0.25) is 0 Å². The van der Waals surface area contributed by atoms with E-state index in [1.807, 2.05) is 6.92 Å². The van der Waals surface area contributed by atoms with Crippen LogP contribution in [-0.2, 0) is 14.3 Å². The van der Waals surface area contributed by atoms with E-state index in [-0.39, 0.29) is 22.0 Å². The van der Waals surface area contributed by atoms with E-state index in [2.05, 4.69) is 5.32 Å². The topological polar surface area (TPSA) is 75.7 Å². The standard InChI is InChI=1S/C21H17Cl3N2O4/c1-2-3-7-30-21(29)12-5-4-6-16(8-12)26-19(27)17(24)18(20(26)28)25-15-10-13(22)9-14(23)11-15/h4-6,8-11,25H,2-3,7H2,1H3. The minimum Gasteiger partial charge on any atom is -0.462 e. The zero-order valence-corrected chi connectivity index (χ0v) is 18.1. The van der Waals surface area contributed by atoms with Crippen LogP contribution in [0.5, 0.6) is 0 Å². The van der Waals surface area contributed by atoms with Crippen molar-refractivity contribution in [3.63, 3.8) is 0 Å². The molecule has 6 nitrogen and oxygen atoms in total. The molecule has 0 radical (unpaired) electrons. The van der Waals surface area contributed by atoms with Gasteiger partial charge in [0.05, 0.1) is 17.9 Å². The number of amides is 2. The van der Waals surface area contributed by atoms with Gasteiger partial charge in [-0.05, 0) is 42.8 Å². The molecule has 2 amide bonds. The number of hydrogen-bond acceptors (Lipinski definition) is 5. The van der Waals surface area contributed by atoms with Gasteiger partial charge in [-0.3, -0.25) is 9.59 Å². The molecular weight excluding hydrogens is 451 g/mol. The Morgan fingerprint density at radius 1 is 1.03 bits per heavy atom. The molecule has 0 saturated carbocycles. The number of carbonyl (C=O) groups excluding carboxylic acids is 3. The van der Waals surface area contributed by atoms with E-state index in [4.69, 9.17) is 39.5 Å². The third kappa shape index (κ3) is 4.78. The first-order chi connectivity index (χ1) is 14.3. The summed E-state index contributed by atoms with van der Waals surface area (Å²) >= 11 is 18.1. The quantitative estimate of drug-likeness (QED) is 0.336. The van der Waals surface area contributed by atoms with E-state index >= 15 is 0 Å². The Bertz CT molecular complexity index is 1030. The molecule has 0 spiro atoms. The Balaban J connectivity index is 1.83. The van der Waals surface area contributed by atoms with Crippen LogP contribution in [0.1, 0.15) is 30.1 Å². The van der Waals surface area contributed by atoms with Crippen molar-refractivity contribution >= 4 is 64.0 Å². The van der Waals surface area contributed by atoms with Crippen LogP contribution in [0.15, 0.2) is 53.2 Å². The summed E-state index contributed by atoms with van der Waals surface area (Å²) in [7, 11) is 0. The molecule has 1 aliphatic heterocycles. The molecule has 1 N–H and O–H groups in total. The molecule has 2 aromatic carbocycles. The molecule has 3 rings (SSSR count). The molecule has 0 bridgehead atoms. The number of halogens is 3. The van der Waals surface area contributed by atoms with Crippen molar-refractivity contribution in [3.8, 4) is 0 Å². The fourth-order valence-electron chi connectivity index (χ4n) is 2.78.